The number of carbonyl (C=O) groups excluding carboxylic acids is 2. The predicted molar refractivity (Wildman–Crippen MR) is 120 cm³/mol. The topological polar surface area (TPSA) is 67.4 Å². The van der Waals surface area contributed by atoms with Gasteiger partial charge in [0.2, 0.25) is 5.91 Å². The number of hydrogen-bond donors (Lipinski definition) is 2. The Labute approximate surface area is 185 Å². The summed E-state index contributed by atoms with van der Waals surface area (Å²) in [7, 11) is 1.64. The van der Waals surface area contributed by atoms with Crippen molar-refractivity contribution in [2.24, 2.45) is 0 Å². The van der Waals surface area contributed by atoms with Crippen LogP contribution in [0.1, 0.15) is 27.9 Å². The second-order valence-electron chi connectivity index (χ2n) is 6.40. The molecule has 0 aliphatic rings. The molecule has 1 unspecified atom stereocenters. The molecule has 0 saturated carbocycles. The third kappa shape index (κ3) is 7.55. The molecule has 2 aromatic rings. The minimum atomic E-state index is -0.663. The minimum Gasteiger partial charge on any atom is -0.380 e. The van der Waals surface area contributed by atoms with E-state index in [1.807, 2.05) is 30.5 Å². The van der Waals surface area contributed by atoms with Crippen molar-refractivity contribution < 1.29 is 14.3 Å². The van der Waals surface area contributed by atoms with Gasteiger partial charge in [-0.3, -0.25) is 9.59 Å². The van der Waals surface area contributed by atoms with Crippen LogP contribution in [0.15, 0.2) is 42.5 Å². The maximum atomic E-state index is 12.7. The van der Waals surface area contributed by atoms with Crippen LogP contribution in [0.2, 0.25) is 10.0 Å². The number of nitrogens with one attached hydrogen (secondary N) is 2. The summed E-state index contributed by atoms with van der Waals surface area (Å²) < 4.78 is 5.14. The zero-order valence-electron chi connectivity index (χ0n) is 16.3. The molecule has 0 heterocycles. The first-order chi connectivity index (χ1) is 13.9. The molecule has 2 aromatic carbocycles. The quantitative estimate of drug-likeness (QED) is 0.561. The second-order valence-corrected chi connectivity index (χ2v) is 8.23. The summed E-state index contributed by atoms with van der Waals surface area (Å²) in [4.78, 5) is 25.3. The fourth-order valence-electron chi connectivity index (χ4n) is 2.72. The van der Waals surface area contributed by atoms with E-state index in [2.05, 4.69) is 10.6 Å². The van der Waals surface area contributed by atoms with Crippen LogP contribution in [-0.2, 0) is 22.7 Å². The first-order valence-corrected chi connectivity index (χ1v) is 11.2. The molecule has 2 N–H and O–H groups in total. The van der Waals surface area contributed by atoms with Gasteiger partial charge in [-0.25, -0.2) is 0 Å². The monoisotopic (exact) mass is 454 g/mol. The smallest absolute Gasteiger partial charge is 0.253 e. The van der Waals surface area contributed by atoms with E-state index in [9.17, 15) is 9.59 Å². The van der Waals surface area contributed by atoms with Gasteiger partial charge in [-0.1, -0.05) is 47.5 Å². The van der Waals surface area contributed by atoms with Crippen LogP contribution >= 0.6 is 35.0 Å². The van der Waals surface area contributed by atoms with Gasteiger partial charge in [0.25, 0.3) is 5.91 Å². The maximum Gasteiger partial charge on any atom is 0.253 e. The van der Waals surface area contributed by atoms with Gasteiger partial charge in [0, 0.05) is 18.7 Å². The Bertz CT molecular complexity index is 848. The Hall–Kier alpha value is -1.73. The average molecular weight is 455 g/mol. The fourth-order valence-corrected chi connectivity index (χ4v) is 3.69. The van der Waals surface area contributed by atoms with Gasteiger partial charge in [-0.05, 0) is 47.8 Å². The van der Waals surface area contributed by atoms with Crippen molar-refractivity contribution in [2.75, 3.05) is 19.1 Å². The van der Waals surface area contributed by atoms with Crippen molar-refractivity contribution in [3.63, 3.8) is 0 Å². The highest BCUT2D eigenvalue weighted by Crippen LogP contribution is 2.21. The van der Waals surface area contributed by atoms with Crippen molar-refractivity contribution in [3.8, 4) is 0 Å². The summed E-state index contributed by atoms with van der Waals surface area (Å²) in [5.74, 6) is 0.0837. The van der Waals surface area contributed by atoms with Crippen LogP contribution in [0, 0.1) is 0 Å². The Morgan fingerprint density at radius 2 is 1.90 bits per heavy atom. The average Bonchev–Trinajstić information content (AvgIpc) is 2.69. The lowest BCUT2D eigenvalue weighted by Crippen LogP contribution is -2.47. The summed E-state index contributed by atoms with van der Waals surface area (Å²) in [6.45, 7) is 0.875. The van der Waals surface area contributed by atoms with Gasteiger partial charge in [-0.2, -0.15) is 11.8 Å². The third-order valence-corrected chi connectivity index (χ3v) is 5.37. The number of hydrogen-bond acceptors (Lipinski definition) is 4. The number of thioether (sulfide) groups is 1. The van der Waals surface area contributed by atoms with Crippen LogP contribution in [-0.4, -0.2) is 37.0 Å². The molecular weight excluding hydrogens is 431 g/mol. The van der Waals surface area contributed by atoms with Crippen molar-refractivity contribution in [1.29, 1.82) is 0 Å². The molecule has 0 saturated heterocycles. The van der Waals surface area contributed by atoms with Crippen LogP contribution in [0.5, 0.6) is 0 Å². The standard InChI is InChI=1S/C21H24Cl2N2O3S/c1-28-13-15-5-3-4-14(10-15)12-24-21(27)19(8-9-29-2)25-20(26)17-7-6-16(22)11-18(17)23/h3-7,10-11,19H,8-9,12-13H2,1-2H3,(H,24,27)(H,25,26). The summed E-state index contributed by atoms with van der Waals surface area (Å²) in [6.07, 6.45) is 2.46. The van der Waals surface area contributed by atoms with Crippen molar-refractivity contribution in [1.82, 2.24) is 10.6 Å². The van der Waals surface area contributed by atoms with E-state index in [1.54, 1.807) is 31.0 Å². The zero-order chi connectivity index (χ0) is 21.2. The molecule has 0 aliphatic carbocycles. The largest absolute Gasteiger partial charge is 0.380 e. The van der Waals surface area contributed by atoms with Crippen LogP contribution < -0.4 is 10.6 Å². The molecule has 0 fully saturated rings. The molecule has 0 aromatic heterocycles. The van der Waals surface area contributed by atoms with E-state index in [-0.39, 0.29) is 16.5 Å². The van der Waals surface area contributed by atoms with E-state index >= 15 is 0 Å². The summed E-state index contributed by atoms with van der Waals surface area (Å²) in [6, 6.07) is 11.8. The highest BCUT2D eigenvalue weighted by molar-refractivity contribution is 7.98. The maximum absolute atomic E-state index is 12.7. The molecule has 0 bridgehead atoms. The van der Waals surface area contributed by atoms with Crippen molar-refractivity contribution in [2.45, 2.75) is 25.6 Å². The van der Waals surface area contributed by atoms with E-state index < -0.39 is 11.9 Å². The molecule has 29 heavy (non-hydrogen) atoms. The van der Waals surface area contributed by atoms with Crippen molar-refractivity contribution >= 4 is 46.8 Å². The van der Waals surface area contributed by atoms with Gasteiger partial charge >= 0.3 is 0 Å². The lowest BCUT2D eigenvalue weighted by molar-refractivity contribution is -0.123. The number of carbonyl (C=O) groups is 2. The van der Waals surface area contributed by atoms with E-state index in [0.717, 1.165) is 16.9 Å². The van der Waals surface area contributed by atoms with Crippen LogP contribution in [0.25, 0.3) is 0 Å². The number of methoxy groups -OCH3 is 1. The Morgan fingerprint density at radius 1 is 1.14 bits per heavy atom. The molecule has 1 atom stereocenters. The number of amides is 2. The molecular formula is C21H24Cl2N2O3S. The lowest BCUT2D eigenvalue weighted by Gasteiger charge is -2.19. The van der Waals surface area contributed by atoms with Gasteiger partial charge < -0.3 is 15.4 Å². The molecule has 2 amide bonds. The fraction of sp³-hybridized carbons (Fsp3) is 0.333. The lowest BCUT2D eigenvalue weighted by atomic mass is 10.1. The number of ether oxygens (including phenoxy) is 1. The first-order valence-electron chi connectivity index (χ1n) is 9.04. The Morgan fingerprint density at radius 3 is 2.59 bits per heavy atom. The van der Waals surface area contributed by atoms with Gasteiger partial charge in [-0.15, -0.1) is 0 Å². The normalized spacial score (nSPS) is 11.7. The van der Waals surface area contributed by atoms with E-state index in [1.165, 1.54) is 6.07 Å². The molecule has 156 valence electrons. The first kappa shape index (κ1) is 23.5. The highest BCUT2D eigenvalue weighted by atomic mass is 35.5. The summed E-state index contributed by atoms with van der Waals surface area (Å²) in [5, 5.41) is 6.37. The predicted octanol–water partition coefficient (Wildman–Crippen LogP) is 4.31. The SMILES string of the molecule is COCc1cccc(CNC(=O)C(CCSC)NC(=O)c2ccc(Cl)cc2Cl)c1. The Balaban J connectivity index is 2.03. The zero-order valence-corrected chi connectivity index (χ0v) is 18.7. The van der Waals surface area contributed by atoms with Crippen LogP contribution in [0.3, 0.4) is 0 Å². The molecule has 0 aliphatic heterocycles. The molecule has 0 radical (unpaired) electrons. The van der Waals surface area contributed by atoms with Crippen molar-refractivity contribution in [3.05, 3.63) is 69.2 Å². The highest BCUT2D eigenvalue weighted by Gasteiger charge is 2.22. The third-order valence-electron chi connectivity index (χ3n) is 4.18. The number of benzene rings is 2. The Kier molecular flexibility index (Phi) is 9.81. The summed E-state index contributed by atoms with van der Waals surface area (Å²) in [5.41, 5.74) is 2.28. The minimum absolute atomic E-state index is 0.241. The number of rotatable bonds is 10. The van der Waals surface area contributed by atoms with Crippen LogP contribution in [0.4, 0.5) is 0 Å². The molecule has 8 heteroatoms. The molecule has 5 nitrogen and oxygen atoms in total. The van der Waals surface area contributed by atoms with E-state index in [4.69, 9.17) is 27.9 Å². The van der Waals surface area contributed by atoms with Gasteiger partial charge in [0.1, 0.15) is 6.04 Å². The molecule has 2 rings (SSSR count). The second kappa shape index (κ2) is 12.1. The molecule has 0 spiro atoms. The van der Waals surface area contributed by atoms with E-state index in [0.29, 0.717) is 24.6 Å². The summed E-state index contributed by atoms with van der Waals surface area (Å²) >= 11 is 13.6. The van der Waals surface area contributed by atoms with Gasteiger partial charge in [0.15, 0.2) is 0 Å². The number of halogens is 2. The van der Waals surface area contributed by atoms with Gasteiger partial charge in [0.05, 0.1) is 17.2 Å².